The van der Waals surface area contributed by atoms with Crippen molar-refractivity contribution in [3.8, 4) is 5.88 Å². The van der Waals surface area contributed by atoms with Crippen LogP contribution in [0.2, 0.25) is 0 Å². The fraction of sp³-hybridized carbons (Fsp3) is 0.0800. The average Bonchev–Trinajstić information content (AvgIpc) is 3.37. The Bertz CT molecular complexity index is 1170. The quantitative estimate of drug-likeness (QED) is 0.406. The third-order valence-electron chi connectivity index (χ3n) is 4.64. The Hall–Kier alpha value is -3.77. The standard InChI is InChI=1S/C25H20N2O3S/c28-24(22-11-6-14-31-22)20-9-4-5-10-21(20)25(29)27-16-19-12-13-26-23(15-19)30-17-18-7-2-1-3-8-18/h1-15H,16-17H2,(H,27,29). The number of benzene rings is 2. The Morgan fingerprint density at radius 1 is 0.871 bits per heavy atom. The van der Waals surface area contributed by atoms with E-state index in [9.17, 15) is 9.59 Å². The van der Waals surface area contributed by atoms with E-state index in [1.807, 2.05) is 47.8 Å². The minimum Gasteiger partial charge on any atom is -0.473 e. The molecule has 1 N–H and O–H groups in total. The van der Waals surface area contributed by atoms with Gasteiger partial charge in [-0.05, 0) is 34.7 Å². The van der Waals surface area contributed by atoms with Gasteiger partial charge in [-0.1, -0.05) is 54.6 Å². The lowest BCUT2D eigenvalue weighted by Gasteiger charge is -2.10. The lowest BCUT2D eigenvalue weighted by Crippen LogP contribution is -2.25. The Balaban J connectivity index is 1.41. The van der Waals surface area contributed by atoms with Crippen molar-refractivity contribution in [2.45, 2.75) is 13.2 Å². The highest BCUT2D eigenvalue weighted by atomic mass is 32.1. The van der Waals surface area contributed by atoms with Gasteiger partial charge in [0.15, 0.2) is 0 Å². The molecule has 0 saturated heterocycles. The molecule has 2 aromatic heterocycles. The largest absolute Gasteiger partial charge is 0.473 e. The molecule has 0 aliphatic rings. The van der Waals surface area contributed by atoms with Crippen molar-refractivity contribution < 1.29 is 14.3 Å². The van der Waals surface area contributed by atoms with Gasteiger partial charge in [0, 0.05) is 24.4 Å². The fourth-order valence-electron chi connectivity index (χ4n) is 3.07. The minimum atomic E-state index is -0.302. The normalized spacial score (nSPS) is 10.5. The number of rotatable bonds is 8. The molecule has 1 amide bonds. The van der Waals surface area contributed by atoms with Crippen LogP contribution in [0.15, 0.2) is 90.4 Å². The number of carbonyl (C=O) groups excluding carboxylic acids is 2. The summed E-state index contributed by atoms with van der Waals surface area (Å²) < 4.78 is 5.75. The summed E-state index contributed by atoms with van der Waals surface area (Å²) in [6, 6.07) is 23.9. The number of amides is 1. The molecule has 2 heterocycles. The Morgan fingerprint density at radius 2 is 1.65 bits per heavy atom. The summed E-state index contributed by atoms with van der Waals surface area (Å²) in [5.74, 6) is 0.0363. The van der Waals surface area contributed by atoms with Crippen LogP contribution in [0.1, 0.15) is 36.7 Å². The van der Waals surface area contributed by atoms with Gasteiger partial charge in [-0.2, -0.15) is 0 Å². The van der Waals surface area contributed by atoms with Gasteiger partial charge < -0.3 is 10.1 Å². The SMILES string of the molecule is O=C(NCc1ccnc(OCc2ccccc2)c1)c1ccccc1C(=O)c1cccs1. The Kier molecular flexibility index (Phi) is 6.50. The molecule has 4 aromatic rings. The average molecular weight is 429 g/mol. The molecule has 31 heavy (non-hydrogen) atoms. The number of carbonyl (C=O) groups is 2. The van der Waals surface area contributed by atoms with Crippen LogP contribution in [0.25, 0.3) is 0 Å². The molecule has 4 rings (SSSR count). The van der Waals surface area contributed by atoms with E-state index in [2.05, 4.69) is 10.3 Å². The summed E-state index contributed by atoms with van der Waals surface area (Å²) >= 11 is 1.36. The maximum absolute atomic E-state index is 12.8. The molecule has 5 nitrogen and oxygen atoms in total. The van der Waals surface area contributed by atoms with Crippen molar-refractivity contribution in [2.24, 2.45) is 0 Å². The first kappa shape index (κ1) is 20.5. The number of ketones is 1. The number of hydrogen-bond donors (Lipinski definition) is 1. The zero-order valence-electron chi connectivity index (χ0n) is 16.7. The predicted octanol–water partition coefficient (Wildman–Crippen LogP) is 4.88. The van der Waals surface area contributed by atoms with E-state index in [4.69, 9.17) is 4.74 Å². The van der Waals surface area contributed by atoms with Gasteiger partial charge in [0.05, 0.1) is 10.4 Å². The van der Waals surface area contributed by atoms with Gasteiger partial charge in [0.2, 0.25) is 11.7 Å². The maximum atomic E-state index is 12.8. The number of hydrogen-bond acceptors (Lipinski definition) is 5. The van der Waals surface area contributed by atoms with E-state index < -0.39 is 0 Å². The molecule has 0 saturated carbocycles. The van der Waals surface area contributed by atoms with Crippen LogP contribution in [0.5, 0.6) is 5.88 Å². The molecular formula is C25H20N2O3S. The number of pyridine rings is 1. The second-order valence-corrected chi connectivity index (χ2v) is 7.76. The monoisotopic (exact) mass is 428 g/mol. The van der Waals surface area contributed by atoms with E-state index in [-0.39, 0.29) is 11.7 Å². The molecule has 0 aliphatic heterocycles. The lowest BCUT2D eigenvalue weighted by molar-refractivity contribution is 0.0940. The second-order valence-electron chi connectivity index (χ2n) is 6.81. The molecule has 0 bridgehead atoms. The summed E-state index contributed by atoms with van der Waals surface area (Å²) in [6.45, 7) is 0.715. The van der Waals surface area contributed by atoms with Crippen molar-refractivity contribution >= 4 is 23.0 Å². The third kappa shape index (κ3) is 5.24. The number of ether oxygens (including phenoxy) is 1. The molecule has 0 radical (unpaired) electrons. The van der Waals surface area contributed by atoms with Gasteiger partial charge in [-0.15, -0.1) is 11.3 Å². The highest BCUT2D eigenvalue weighted by Crippen LogP contribution is 2.19. The van der Waals surface area contributed by atoms with Crippen molar-refractivity contribution in [1.29, 1.82) is 0 Å². The lowest BCUT2D eigenvalue weighted by atomic mass is 10.0. The van der Waals surface area contributed by atoms with Crippen LogP contribution in [0.3, 0.4) is 0 Å². The number of thiophene rings is 1. The second kappa shape index (κ2) is 9.82. The van der Waals surface area contributed by atoms with Gasteiger partial charge in [0.1, 0.15) is 6.61 Å². The van der Waals surface area contributed by atoms with Crippen molar-refractivity contribution in [3.05, 3.63) is 118 Å². The third-order valence-corrected chi connectivity index (χ3v) is 5.51. The molecule has 154 valence electrons. The highest BCUT2D eigenvalue weighted by molar-refractivity contribution is 7.12. The highest BCUT2D eigenvalue weighted by Gasteiger charge is 2.18. The van der Waals surface area contributed by atoms with Crippen LogP contribution < -0.4 is 10.1 Å². The van der Waals surface area contributed by atoms with E-state index in [1.165, 1.54) is 11.3 Å². The van der Waals surface area contributed by atoms with E-state index >= 15 is 0 Å². The van der Waals surface area contributed by atoms with E-state index in [0.29, 0.717) is 35.0 Å². The van der Waals surface area contributed by atoms with Gasteiger partial charge in [-0.3, -0.25) is 9.59 Å². The van der Waals surface area contributed by atoms with Gasteiger partial charge in [-0.25, -0.2) is 4.98 Å². The minimum absolute atomic E-state index is 0.152. The molecule has 0 aliphatic carbocycles. The summed E-state index contributed by atoms with van der Waals surface area (Å²) in [5, 5.41) is 4.73. The summed E-state index contributed by atoms with van der Waals surface area (Å²) in [5.41, 5.74) is 2.66. The molecule has 0 atom stereocenters. The van der Waals surface area contributed by atoms with E-state index in [1.54, 1.807) is 42.6 Å². The Morgan fingerprint density at radius 3 is 2.42 bits per heavy atom. The molecular weight excluding hydrogens is 408 g/mol. The maximum Gasteiger partial charge on any atom is 0.252 e. The first-order valence-corrected chi connectivity index (χ1v) is 10.7. The predicted molar refractivity (Wildman–Crippen MR) is 120 cm³/mol. The smallest absolute Gasteiger partial charge is 0.252 e. The topological polar surface area (TPSA) is 68.3 Å². The first-order valence-electron chi connectivity index (χ1n) is 9.78. The van der Waals surface area contributed by atoms with Crippen LogP contribution in [-0.2, 0) is 13.2 Å². The number of nitrogens with zero attached hydrogens (tertiary/aromatic N) is 1. The van der Waals surface area contributed by atoms with Crippen LogP contribution in [0.4, 0.5) is 0 Å². The van der Waals surface area contributed by atoms with E-state index in [0.717, 1.165) is 11.1 Å². The van der Waals surface area contributed by atoms with Crippen LogP contribution >= 0.6 is 11.3 Å². The molecule has 0 unspecified atom stereocenters. The fourth-order valence-corrected chi connectivity index (χ4v) is 3.75. The molecule has 0 spiro atoms. The first-order chi connectivity index (χ1) is 15.2. The summed E-state index contributed by atoms with van der Waals surface area (Å²) in [7, 11) is 0. The molecule has 2 aromatic carbocycles. The summed E-state index contributed by atoms with van der Waals surface area (Å²) in [4.78, 5) is 30.4. The van der Waals surface area contributed by atoms with Crippen LogP contribution in [0, 0.1) is 0 Å². The molecule has 6 heteroatoms. The summed E-state index contributed by atoms with van der Waals surface area (Å²) in [6.07, 6.45) is 1.65. The van der Waals surface area contributed by atoms with Gasteiger partial charge >= 0.3 is 0 Å². The van der Waals surface area contributed by atoms with Gasteiger partial charge in [0.25, 0.3) is 5.91 Å². The number of aromatic nitrogens is 1. The van der Waals surface area contributed by atoms with Crippen molar-refractivity contribution in [2.75, 3.05) is 0 Å². The molecule has 0 fully saturated rings. The van der Waals surface area contributed by atoms with Crippen molar-refractivity contribution in [3.63, 3.8) is 0 Å². The number of nitrogens with one attached hydrogen (secondary N) is 1. The zero-order chi connectivity index (χ0) is 21.5. The zero-order valence-corrected chi connectivity index (χ0v) is 17.5. The Labute approximate surface area is 184 Å². The van der Waals surface area contributed by atoms with Crippen molar-refractivity contribution in [1.82, 2.24) is 10.3 Å². The van der Waals surface area contributed by atoms with Crippen LogP contribution in [-0.4, -0.2) is 16.7 Å².